The highest BCUT2D eigenvalue weighted by Crippen LogP contribution is 2.38. The fourth-order valence-corrected chi connectivity index (χ4v) is 4.59. The van der Waals surface area contributed by atoms with Crippen LogP contribution in [0.25, 0.3) is 0 Å². The number of hydrogen-bond acceptors (Lipinski definition) is 6. The van der Waals surface area contributed by atoms with E-state index in [1.54, 1.807) is 6.26 Å². The Balaban J connectivity index is 0.000000360. The second-order valence-electron chi connectivity index (χ2n) is 7.92. The molecule has 1 amide bonds. The number of carbonyl (C=O) groups excluding carboxylic acids is 1. The second-order valence-corrected chi connectivity index (χ2v) is 8.87. The maximum absolute atomic E-state index is 12.5. The van der Waals surface area contributed by atoms with E-state index < -0.39 is 12.1 Å². The number of amides is 1. The molecule has 176 valence electrons. The lowest BCUT2D eigenvalue weighted by atomic mass is 9.87. The van der Waals surface area contributed by atoms with E-state index in [0.717, 1.165) is 56.1 Å². The summed E-state index contributed by atoms with van der Waals surface area (Å²) in [5.74, 6) is -1.61. The first-order valence-corrected chi connectivity index (χ1v) is 11.0. The van der Waals surface area contributed by atoms with Crippen LogP contribution in [-0.2, 0) is 16.1 Å². The molecular formula is C21H25F3N2O5S. The van der Waals surface area contributed by atoms with Crippen LogP contribution in [0, 0.1) is 0 Å². The van der Waals surface area contributed by atoms with Gasteiger partial charge in [-0.25, -0.2) is 4.79 Å². The molecule has 7 nitrogen and oxygen atoms in total. The summed E-state index contributed by atoms with van der Waals surface area (Å²) < 4.78 is 43.4. The van der Waals surface area contributed by atoms with Gasteiger partial charge in [0, 0.05) is 19.1 Å². The molecule has 1 unspecified atom stereocenters. The number of aliphatic carboxylic acids is 1. The van der Waals surface area contributed by atoms with Crippen molar-refractivity contribution in [3.8, 4) is 0 Å². The summed E-state index contributed by atoms with van der Waals surface area (Å²) in [7, 11) is 2.13. The monoisotopic (exact) mass is 474 g/mol. The average Bonchev–Trinajstić information content (AvgIpc) is 3.50. The molecule has 2 aliphatic rings. The topological polar surface area (TPSA) is 83.2 Å². The van der Waals surface area contributed by atoms with Gasteiger partial charge in [0.2, 0.25) is 0 Å². The van der Waals surface area contributed by atoms with Gasteiger partial charge < -0.3 is 19.2 Å². The molecule has 2 aromatic heterocycles. The zero-order chi connectivity index (χ0) is 23.4. The molecule has 0 aliphatic carbocycles. The number of thiophene rings is 1. The molecule has 0 aromatic carbocycles. The van der Waals surface area contributed by atoms with E-state index in [1.807, 2.05) is 34.5 Å². The van der Waals surface area contributed by atoms with E-state index in [2.05, 4.69) is 11.9 Å². The Labute approximate surface area is 187 Å². The maximum atomic E-state index is 12.5. The number of halogens is 3. The van der Waals surface area contributed by atoms with Gasteiger partial charge in [0.15, 0.2) is 0 Å². The number of carboxylic acid groups (broad SMARTS) is 1. The van der Waals surface area contributed by atoms with Crippen molar-refractivity contribution in [2.24, 2.45) is 0 Å². The van der Waals surface area contributed by atoms with E-state index in [1.165, 1.54) is 11.3 Å². The van der Waals surface area contributed by atoms with Gasteiger partial charge in [-0.2, -0.15) is 13.2 Å². The molecule has 4 rings (SSSR count). The van der Waals surface area contributed by atoms with Gasteiger partial charge in [-0.05, 0) is 49.9 Å². The van der Waals surface area contributed by atoms with Crippen molar-refractivity contribution in [2.75, 3.05) is 26.7 Å². The summed E-state index contributed by atoms with van der Waals surface area (Å²) in [5, 5.41) is 9.08. The van der Waals surface area contributed by atoms with E-state index in [4.69, 9.17) is 19.1 Å². The predicted octanol–water partition coefficient (Wildman–Crippen LogP) is 3.87. The fraction of sp³-hybridized carbons (Fsp3) is 0.524. The molecule has 1 N–H and O–H groups in total. The number of hydrogen-bond donors (Lipinski definition) is 1. The first-order valence-electron chi connectivity index (χ1n) is 10.1. The van der Waals surface area contributed by atoms with Gasteiger partial charge in [0.1, 0.15) is 5.76 Å². The number of likely N-dealkylation sites (N-methyl/N-ethyl adjacent to an activating group) is 1. The Kier molecular flexibility index (Phi) is 7.63. The van der Waals surface area contributed by atoms with Crippen molar-refractivity contribution in [3.05, 3.63) is 46.5 Å². The number of ether oxygens (including phenoxy) is 1. The van der Waals surface area contributed by atoms with E-state index in [-0.39, 0.29) is 11.5 Å². The number of carboxylic acids is 1. The van der Waals surface area contributed by atoms with Gasteiger partial charge in [-0.3, -0.25) is 9.69 Å². The fourth-order valence-electron chi connectivity index (χ4n) is 3.90. The Morgan fingerprint density at radius 1 is 1.28 bits per heavy atom. The quantitative estimate of drug-likeness (QED) is 0.725. The van der Waals surface area contributed by atoms with Crippen molar-refractivity contribution in [2.45, 2.75) is 43.6 Å². The number of furan rings is 1. The van der Waals surface area contributed by atoms with Crippen LogP contribution in [0.2, 0.25) is 0 Å². The molecule has 1 spiro atoms. The number of rotatable bonds is 4. The van der Waals surface area contributed by atoms with Gasteiger partial charge in [0.05, 0.1) is 29.9 Å². The van der Waals surface area contributed by atoms with Crippen molar-refractivity contribution < 1.29 is 37.0 Å². The lowest BCUT2D eigenvalue weighted by molar-refractivity contribution is -0.192. The van der Waals surface area contributed by atoms with E-state index in [0.29, 0.717) is 6.04 Å². The van der Waals surface area contributed by atoms with Crippen molar-refractivity contribution in [3.63, 3.8) is 0 Å². The molecule has 2 aliphatic heterocycles. The molecule has 2 fully saturated rings. The molecule has 4 heterocycles. The van der Waals surface area contributed by atoms with Crippen molar-refractivity contribution >= 4 is 23.2 Å². The normalized spacial score (nSPS) is 20.3. The first-order chi connectivity index (χ1) is 15.1. The Morgan fingerprint density at radius 2 is 1.97 bits per heavy atom. The highest BCUT2D eigenvalue weighted by Gasteiger charge is 2.44. The molecule has 2 saturated heterocycles. The third-order valence-electron chi connectivity index (χ3n) is 5.73. The lowest BCUT2D eigenvalue weighted by Crippen LogP contribution is -2.46. The van der Waals surface area contributed by atoms with Crippen LogP contribution < -0.4 is 0 Å². The van der Waals surface area contributed by atoms with Gasteiger partial charge in [-0.1, -0.05) is 6.07 Å². The summed E-state index contributed by atoms with van der Waals surface area (Å²) in [6.07, 6.45) is -0.480. The second kappa shape index (κ2) is 10.1. The Morgan fingerprint density at radius 3 is 2.50 bits per heavy atom. The van der Waals surface area contributed by atoms with Crippen LogP contribution in [0.3, 0.4) is 0 Å². The van der Waals surface area contributed by atoms with E-state index >= 15 is 0 Å². The minimum Gasteiger partial charge on any atom is -0.475 e. The number of likely N-dealkylation sites (tertiary alicyclic amines) is 1. The summed E-state index contributed by atoms with van der Waals surface area (Å²) in [5.41, 5.74) is -0.0612. The third kappa shape index (κ3) is 6.11. The molecule has 2 aromatic rings. The zero-order valence-corrected chi connectivity index (χ0v) is 18.3. The van der Waals surface area contributed by atoms with E-state index in [9.17, 15) is 18.0 Å². The summed E-state index contributed by atoms with van der Waals surface area (Å²) in [6.45, 7) is 3.13. The van der Waals surface area contributed by atoms with Crippen LogP contribution >= 0.6 is 11.3 Å². The first kappa shape index (κ1) is 24.3. The summed E-state index contributed by atoms with van der Waals surface area (Å²) in [6, 6.07) is 8.18. The predicted molar refractivity (Wildman–Crippen MR) is 110 cm³/mol. The number of nitrogens with zero attached hydrogens (tertiary/aromatic N) is 2. The highest BCUT2D eigenvalue weighted by molar-refractivity contribution is 7.12. The minimum absolute atomic E-state index is 0.0612. The summed E-state index contributed by atoms with van der Waals surface area (Å²) >= 11 is 1.52. The molecule has 1 atom stereocenters. The molecular weight excluding hydrogens is 449 g/mol. The maximum Gasteiger partial charge on any atom is 0.490 e. The van der Waals surface area contributed by atoms with Gasteiger partial charge in [0.25, 0.3) is 5.91 Å². The average molecular weight is 475 g/mol. The van der Waals surface area contributed by atoms with Crippen LogP contribution in [0.1, 0.15) is 34.7 Å². The molecule has 32 heavy (non-hydrogen) atoms. The number of carbonyl (C=O) groups is 2. The SMILES string of the molecule is CN(Cc1ccco1)C1COC2(CCN(C(=O)c3cccs3)CC2)C1.O=C(O)C(F)(F)F. The van der Waals surface area contributed by atoms with Crippen molar-refractivity contribution in [1.82, 2.24) is 9.80 Å². The third-order valence-corrected chi connectivity index (χ3v) is 6.59. The largest absolute Gasteiger partial charge is 0.490 e. The van der Waals surface area contributed by atoms with Gasteiger partial charge in [-0.15, -0.1) is 11.3 Å². The summed E-state index contributed by atoms with van der Waals surface area (Å²) in [4.78, 5) is 26.5. The molecule has 0 bridgehead atoms. The van der Waals surface area contributed by atoms with Crippen molar-refractivity contribution in [1.29, 1.82) is 0 Å². The molecule has 0 saturated carbocycles. The van der Waals surface area contributed by atoms with Crippen LogP contribution in [-0.4, -0.2) is 71.3 Å². The van der Waals surface area contributed by atoms with Crippen LogP contribution in [0.5, 0.6) is 0 Å². The standard InChI is InChI=1S/C19H24N2O3S.C2HF3O2/c1-20(13-16-4-2-10-23-16)15-12-19(24-14-15)6-8-21(9-7-19)18(22)17-5-3-11-25-17;3-2(4,5)1(6)7/h2-5,10-11,15H,6-9,12-14H2,1H3;(H,6,7). The molecule has 0 radical (unpaired) electrons. The van der Waals surface area contributed by atoms with Gasteiger partial charge >= 0.3 is 12.1 Å². The highest BCUT2D eigenvalue weighted by atomic mass is 32.1. The smallest absolute Gasteiger partial charge is 0.475 e. The number of alkyl halides is 3. The number of piperidine rings is 1. The van der Waals surface area contributed by atoms with Crippen LogP contribution in [0.4, 0.5) is 13.2 Å². The Bertz CT molecular complexity index is 878. The Hall–Kier alpha value is -2.37. The molecule has 11 heteroatoms. The van der Waals surface area contributed by atoms with Crippen LogP contribution in [0.15, 0.2) is 40.3 Å². The zero-order valence-electron chi connectivity index (χ0n) is 17.5. The lowest BCUT2D eigenvalue weighted by Gasteiger charge is -2.38. The minimum atomic E-state index is -5.08.